The Morgan fingerprint density at radius 2 is 1.83 bits per heavy atom. The molecule has 0 saturated carbocycles. The maximum Gasteiger partial charge on any atom is 0.309 e. The van der Waals surface area contributed by atoms with Crippen LogP contribution >= 0.6 is 0 Å². The van der Waals surface area contributed by atoms with Gasteiger partial charge in [0.25, 0.3) is 0 Å². The van der Waals surface area contributed by atoms with Crippen LogP contribution in [0, 0.1) is 5.92 Å². The zero-order valence-corrected chi connectivity index (χ0v) is 17.4. The van der Waals surface area contributed by atoms with Gasteiger partial charge in [-0.3, -0.25) is 14.5 Å². The Labute approximate surface area is 176 Å². The quantitative estimate of drug-likeness (QED) is 0.672. The number of methoxy groups -OCH3 is 1. The first-order valence-electron chi connectivity index (χ1n) is 10.1. The lowest BCUT2D eigenvalue weighted by Gasteiger charge is -2.24. The standard InChI is InChI=1S/C23H28N2O5/c1-17(23(27)28-2)14-25(15-18-7-4-3-5-8-18)16-22(26)24-19-9-10-20-21(13-19)30-12-6-11-29-20/h3-5,7-10,13,17H,6,11-12,14-16H2,1-2H3,(H,24,26). The number of carbonyl (C=O) groups is 2. The summed E-state index contributed by atoms with van der Waals surface area (Å²) in [6, 6.07) is 15.2. The SMILES string of the molecule is COC(=O)C(C)CN(CC(=O)Nc1ccc2c(c1)OCCCO2)Cc1ccccc1. The second-order valence-corrected chi connectivity index (χ2v) is 7.34. The highest BCUT2D eigenvalue weighted by Gasteiger charge is 2.20. The lowest BCUT2D eigenvalue weighted by Crippen LogP contribution is -2.37. The predicted octanol–water partition coefficient (Wildman–Crippen LogP) is 3.10. The lowest BCUT2D eigenvalue weighted by atomic mass is 10.1. The highest BCUT2D eigenvalue weighted by atomic mass is 16.5. The van der Waals surface area contributed by atoms with Crippen LogP contribution in [0.3, 0.4) is 0 Å². The van der Waals surface area contributed by atoms with Crippen molar-refractivity contribution in [2.45, 2.75) is 19.9 Å². The molecule has 0 radical (unpaired) electrons. The van der Waals surface area contributed by atoms with Gasteiger partial charge in [-0.2, -0.15) is 0 Å². The Morgan fingerprint density at radius 1 is 1.10 bits per heavy atom. The number of carbonyl (C=O) groups excluding carboxylic acids is 2. The van der Waals surface area contributed by atoms with E-state index in [-0.39, 0.29) is 24.3 Å². The summed E-state index contributed by atoms with van der Waals surface area (Å²) in [6.07, 6.45) is 0.823. The number of fused-ring (bicyclic) bond motifs is 1. The Kier molecular flexibility index (Phi) is 7.68. The third-order valence-corrected chi connectivity index (χ3v) is 4.78. The number of esters is 1. The van der Waals surface area contributed by atoms with Crippen molar-refractivity contribution < 1.29 is 23.8 Å². The average molecular weight is 412 g/mol. The first kappa shape index (κ1) is 21.6. The van der Waals surface area contributed by atoms with E-state index in [1.165, 1.54) is 7.11 Å². The van der Waals surface area contributed by atoms with Crippen LogP contribution in [0.2, 0.25) is 0 Å². The van der Waals surface area contributed by atoms with E-state index in [4.69, 9.17) is 14.2 Å². The third-order valence-electron chi connectivity index (χ3n) is 4.78. The zero-order chi connectivity index (χ0) is 21.3. The van der Waals surface area contributed by atoms with Crippen molar-refractivity contribution in [2.75, 3.05) is 38.7 Å². The molecule has 1 N–H and O–H groups in total. The molecule has 2 aromatic rings. The smallest absolute Gasteiger partial charge is 0.309 e. The van der Waals surface area contributed by atoms with Crippen molar-refractivity contribution in [3.05, 3.63) is 54.1 Å². The summed E-state index contributed by atoms with van der Waals surface area (Å²) >= 11 is 0. The molecule has 160 valence electrons. The molecule has 1 aliphatic rings. The second kappa shape index (κ2) is 10.6. The topological polar surface area (TPSA) is 77.1 Å². The molecule has 1 aliphatic heterocycles. The summed E-state index contributed by atoms with van der Waals surface area (Å²) in [6.45, 7) is 4.11. The molecule has 30 heavy (non-hydrogen) atoms. The molecular weight excluding hydrogens is 384 g/mol. The summed E-state index contributed by atoms with van der Waals surface area (Å²) in [5.74, 6) is 0.507. The van der Waals surface area contributed by atoms with Crippen LogP contribution in [0.15, 0.2) is 48.5 Å². The number of ether oxygens (including phenoxy) is 3. The van der Waals surface area contributed by atoms with Gasteiger partial charge in [0.05, 0.1) is 32.8 Å². The van der Waals surface area contributed by atoms with Gasteiger partial charge in [-0.15, -0.1) is 0 Å². The largest absolute Gasteiger partial charge is 0.490 e. The molecule has 0 bridgehead atoms. The molecule has 0 fully saturated rings. The molecular formula is C23H28N2O5. The number of amides is 1. The molecule has 7 heteroatoms. The Hall–Kier alpha value is -3.06. The molecule has 1 unspecified atom stereocenters. The molecule has 0 aliphatic carbocycles. The molecule has 2 aromatic carbocycles. The van der Waals surface area contributed by atoms with Crippen molar-refractivity contribution in [3.8, 4) is 11.5 Å². The first-order valence-corrected chi connectivity index (χ1v) is 10.1. The minimum absolute atomic E-state index is 0.144. The van der Waals surface area contributed by atoms with Gasteiger partial charge in [-0.25, -0.2) is 0 Å². The fraction of sp³-hybridized carbons (Fsp3) is 0.391. The van der Waals surface area contributed by atoms with E-state index in [9.17, 15) is 9.59 Å². The van der Waals surface area contributed by atoms with Gasteiger partial charge >= 0.3 is 5.97 Å². The zero-order valence-electron chi connectivity index (χ0n) is 17.4. The summed E-state index contributed by atoms with van der Waals surface area (Å²) in [5, 5.41) is 2.91. The van der Waals surface area contributed by atoms with Crippen LogP contribution in [0.4, 0.5) is 5.69 Å². The normalized spacial score (nSPS) is 14.0. The summed E-state index contributed by atoms with van der Waals surface area (Å²) in [5.41, 5.74) is 1.71. The highest BCUT2D eigenvalue weighted by molar-refractivity contribution is 5.92. The molecule has 0 spiro atoms. The summed E-state index contributed by atoms with van der Waals surface area (Å²) in [4.78, 5) is 26.5. The third kappa shape index (κ3) is 6.22. The second-order valence-electron chi connectivity index (χ2n) is 7.34. The van der Waals surface area contributed by atoms with Gasteiger partial charge in [0, 0.05) is 31.3 Å². The van der Waals surface area contributed by atoms with E-state index in [2.05, 4.69) is 5.32 Å². The summed E-state index contributed by atoms with van der Waals surface area (Å²) in [7, 11) is 1.37. The lowest BCUT2D eigenvalue weighted by molar-refractivity contribution is -0.145. The van der Waals surface area contributed by atoms with Gasteiger partial charge < -0.3 is 19.5 Å². The van der Waals surface area contributed by atoms with Crippen LogP contribution in [0.5, 0.6) is 11.5 Å². The number of nitrogens with one attached hydrogen (secondary N) is 1. The van der Waals surface area contributed by atoms with Gasteiger partial charge in [0.15, 0.2) is 11.5 Å². The maximum absolute atomic E-state index is 12.7. The number of rotatable bonds is 8. The van der Waals surface area contributed by atoms with Gasteiger partial charge in [0.2, 0.25) is 5.91 Å². The van der Waals surface area contributed by atoms with E-state index in [0.717, 1.165) is 12.0 Å². The van der Waals surface area contributed by atoms with Crippen molar-refractivity contribution in [1.82, 2.24) is 4.90 Å². The van der Waals surface area contributed by atoms with Crippen molar-refractivity contribution in [3.63, 3.8) is 0 Å². The summed E-state index contributed by atoms with van der Waals surface area (Å²) < 4.78 is 16.1. The molecule has 1 amide bonds. The Balaban J connectivity index is 1.66. The fourth-order valence-corrected chi connectivity index (χ4v) is 3.33. The number of anilines is 1. The number of nitrogens with zero attached hydrogens (tertiary/aromatic N) is 1. The van der Waals surface area contributed by atoms with Crippen LogP contribution in [-0.2, 0) is 20.9 Å². The van der Waals surface area contributed by atoms with E-state index < -0.39 is 0 Å². The molecule has 1 heterocycles. The van der Waals surface area contributed by atoms with Gasteiger partial charge in [-0.1, -0.05) is 37.3 Å². The minimum Gasteiger partial charge on any atom is -0.490 e. The fourth-order valence-electron chi connectivity index (χ4n) is 3.33. The molecule has 0 saturated heterocycles. The average Bonchev–Trinajstić information content (AvgIpc) is 2.98. The van der Waals surface area contributed by atoms with Crippen molar-refractivity contribution in [1.29, 1.82) is 0 Å². The number of hydrogen-bond acceptors (Lipinski definition) is 6. The van der Waals surface area contributed by atoms with E-state index in [1.54, 1.807) is 25.1 Å². The number of hydrogen-bond donors (Lipinski definition) is 1. The highest BCUT2D eigenvalue weighted by Crippen LogP contribution is 2.32. The minimum atomic E-state index is -0.343. The van der Waals surface area contributed by atoms with Crippen molar-refractivity contribution >= 4 is 17.6 Å². The van der Waals surface area contributed by atoms with Crippen LogP contribution in [0.25, 0.3) is 0 Å². The van der Waals surface area contributed by atoms with Crippen LogP contribution < -0.4 is 14.8 Å². The monoisotopic (exact) mass is 412 g/mol. The Bertz CT molecular complexity index is 856. The van der Waals surface area contributed by atoms with Gasteiger partial charge in [0.1, 0.15) is 0 Å². The number of benzene rings is 2. The van der Waals surface area contributed by atoms with E-state index >= 15 is 0 Å². The Morgan fingerprint density at radius 3 is 2.57 bits per heavy atom. The molecule has 3 rings (SSSR count). The van der Waals surface area contributed by atoms with Crippen LogP contribution in [0.1, 0.15) is 18.9 Å². The van der Waals surface area contributed by atoms with E-state index in [1.807, 2.05) is 35.2 Å². The van der Waals surface area contributed by atoms with Gasteiger partial charge in [-0.05, 0) is 17.7 Å². The predicted molar refractivity (Wildman–Crippen MR) is 114 cm³/mol. The molecule has 7 nitrogen and oxygen atoms in total. The first-order chi connectivity index (χ1) is 14.5. The van der Waals surface area contributed by atoms with E-state index in [0.29, 0.717) is 43.5 Å². The molecule has 0 aromatic heterocycles. The van der Waals surface area contributed by atoms with Crippen molar-refractivity contribution in [2.24, 2.45) is 5.92 Å². The van der Waals surface area contributed by atoms with Crippen LogP contribution in [-0.4, -0.2) is 50.2 Å². The molecule has 1 atom stereocenters. The maximum atomic E-state index is 12.7.